The van der Waals surface area contributed by atoms with Crippen LogP contribution in [0.5, 0.6) is 0 Å². The van der Waals surface area contributed by atoms with E-state index >= 15 is 0 Å². The van der Waals surface area contributed by atoms with Crippen molar-refractivity contribution in [2.75, 3.05) is 24.6 Å². The lowest BCUT2D eigenvalue weighted by molar-refractivity contribution is 0.129. The van der Waals surface area contributed by atoms with E-state index in [1.54, 1.807) is 24.3 Å². The Morgan fingerprint density at radius 3 is 2.60 bits per heavy atom. The Morgan fingerprint density at radius 2 is 1.96 bits per heavy atom. The number of aliphatic hydroxyl groups excluding tert-OH is 1. The molecular formula is C15H19N3O5S2. The van der Waals surface area contributed by atoms with Crippen molar-refractivity contribution in [1.82, 2.24) is 9.29 Å². The molecule has 2 atom stereocenters. The lowest BCUT2D eigenvalue weighted by Gasteiger charge is -2.29. The summed E-state index contributed by atoms with van der Waals surface area (Å²) in [6.45, 7) is -0.0938. The maximum atomic E-state index is 13.2. The zero-order valence-electron chi connectivity index (χ0n) is 13.3. The van der Waals surface area contributed by atoms with E-state index in [4.69, 9.17) is 5.73 Å². The smallest absolute Gasteiger partial charge is 0.245 e. The highest BCUT2D eigenvalue weighted by atomic mass is 32.2. The van der Waals surface area contributed by atoms with Crippen LogP contribution < -0.4 is 5.73 Å². The van der Waals surface area contributed by atoms with E-state index in [2.05, 4.69) is 4.98 Å². The summed E-state index contributed by atoms with van der Waals surface area (Å²) in [6.07, 6.45) is 0.206. The largest absolute Gasteiger partial charge is 0.390 e. The molecule has 1 aliphatic heterocycles. The molecule has 0 bridgehead atoms. The van der Waals surface area contributed by atoms with Crippen molar-refractivity contribution in [3.8, 4) is 0 Å². The molecular weight excluding hydrogens is 366 g/mol. The van der Waals surface area contributed by atoms with Crippen LogP contribution in [-0.2, 0) is 19.9 Å². The summed E-state index contributed by atoms with van der Waals surface area (Å²) in [5.41, 5.74) is 5.84. The fourth-order valence-electron chi connectivity index (χ4n) is 3.09. The number of nitrogens with zero attached hydrogens (tertiary/aromatic N) is 2. The highest BCUT2D eigenvalue weighted by Gasteiger charge is 2.44. The van der Waals surface area contributed by atoms with Gasteiger partial charge in [0.15, 0.2) is 9.84 Å². The Kier molecular flexibility index (Phi) is 4.82. The van der Waals surface area contributed by atoms with Gasteiger partial charge in [0.05, 0.1) is 29.2 Å². The molecule has 0 saturated carbocycles. The summed E-state index contributed by atoms with van der Waals surface area (Å²) in [7, 11) is -7.60. The lowest BCUT2D eigenvalue weighted by Crippen LogP contribution is -2.48. The Morgan fingerprint density at radius 1 is 1.24 bits per heavy atom. The average Bonchev–Trinajstić information content (AvgIpc) is 2.84. The number of sulfonamides is 1. The third-order valence-electron chi connectivity index (χ3n) is 4.20. The van der Waals surface area contributed by atoms with Crippen molar-refractivity contribution in [1.29, 1.82) is 0 Å². The molecule has 0 radical (unpaired) electrons. The topological polar surface area (TPSA) is 131 Å². The van der Waals surface area contributed by atoms with Crippen LogP contribution in [0.4, 0.5) is 0 Å². The molecule has 25 heavy (non-hydrogen) atoms. The molecule has 0 unspecified atom stereocenters. The van der Waals surface area contributed by atoms with E-state index in [0.29, 0.717) is 10.9 Å². The number of hydrogen-bond donors (Lipinski definition) is 2. The molecule has 10 heteroatoms. The third kappa shape index (κ3) is 3.40. The van der Waals surface area contributed by atoms with E-state index in [1.165, 1.54) is 12.3 Å². The van der Waals surface area contributed by atoms with Crippen LogP contribution in [0.2, 0.25) is 0 Å². The maximum Gasteiger partial charge on any atom is 0.245 e. The van der Waals surface area contributed by atoms with Crippen molar-refractivity contribution in [2.45, 2.75) is 17.0 Å². The fourth-order valence-corrected chi connectivity index (χ4v) is 6.82. The molecule has 0 amide bonds. The van der Waals surface area contributed by atoms with Crippen LogP contribution in [0.15, 0.2) is 41.4 Å². The second-order valence-electron chi connectivity index (χ2n) is 5.95. The van der Waals surface area contributed by atoms with Gasteiger partial charge in [-0.05, 0) is 12.1 Å². The summed E-state index contributed by atoms with van der Waals surface area (Å²) in [4.78, 5) is 4.11. The number of aliphatic hydroxyl groups is 1. The highest BCUT2D eigenvalue weighted by molar-refractivity contribution is 7.92. The molecule has 3 rings (SSSR count). The van der Waals surface area contributed by atoms with Crippen LogP contribution in [0, 0.1) is 0 Å². The number of benzene rings is 1. The Bertz CT molecular complexity index is 986. The van der Waals surface area contributed by atoms with Gasteiger partial charge in [0.1, 0.15) is 4.90 Å². The Hall–Kier alpha value is -1.59. The standard InChI is InChI=1S/C15H19N3O5S2/c16-6-8-18(12-9-24(20,21)10-13(12)19)25(22,23)14-5-1-3-11-4-2-7-17-15(11)14/h1-5,7,12-13,19H,6,8-10,16H2/t12-,13-/m1/s1. The minimum absolute atomic E-state index is 0.000687. The van der Waals surface area contributed by atoms with Gasteiger partial charge in [-0.25, -0.2) is 16.8 Å². The zero-order chi connectivity index (χ0) is 18.2. The van der Waals surface area contributed by atoms with Gasteiger partial charge < -0.3 is 10.8 Å². The van der Waals surface area contributed by atoms with Crippen molar-refractivity contribution in [2.24, 2.45) is 5.73 Å². The van der Waals surface area contributed by atoms with Gasteiger partial charge in [-0.2, -0.15) is 4.31 Å². The Labute approximate surface area is 146 Å². The first-order valence-corrected chi connectivity index (χ1v) is 11.0. The Balaban J connectivity index is 2.12. The van der Waals surface area contributed by atoms with Gasteiger partial charge in [-0.15, -0.1) is 0 Å². The monoisotopic (exact) mass is 385 g/mol. The van der Waals surface area contributed by atoms with E-state index in [0.717, 1.165) is 4.31 Å². The summed E-state index contributed by atoms with van der Waals surface area (Å²) >= 11 is 0. The van der Waals surface area contributed by atoms with Gasteiger partial charge in [0.2, 0.25) is 10.0 Å². The van der Waals surface area contributed by atoms with E-state index in [-0.39, 0.29) is 18.0 Å². The molecule has 1 aromatic carbocycles. The molecule has 136 valence electrons. The molecule has 1 aliphatic rings. The van der Waals surface area contributed by atoms with Crippen LogP contribution >= 0.6 is 0 Å². The first-order valence-electron chi connectivity index (χ1n) is 7.70. The normalized spacial score (nSPS) is 23.3. The second-order valence-corrected chi connectivity index (χ2v) is 9.96. The predicted octanol–water partition coefficient (Wildman–Crippen LogP) is -0.658. The number of pyridine rings is 1. The van der Waals surface area contributed by atoms with Crippen LogP contribution in [0.25, 0.3) is 10.9 Å². The van der Waals surface area contributed by atoms with Crippen LogP contribution in [-0.4, -0.2) is 68.0 Å². The maximum absolute atomic E-state index is 13.2. The van der Waals surface area contributed by atoms with Gasteiger partial charge in [-0.3, -0.25) is 4.98 Å². The van der Waals surface area contributed by atoms with Gasteiger partial charge in [-0.1, -0.05) is 18.2 Å². The highest BCUT2D eigenvalue weighted by Crippen LogP contribution is 2.28. The minimum Gasteiger partial charge on any atom is -0.390 e. The first-order chi connectivity index (χ1) is 11.8. The van der Waals surface area contributed by atoms with Crippen LogP contribution in [0.1, 0.15) is 0 Å². The summed E-state index contributed by atoms with van der Waals surface area (Å²) in [5, 5.41) is 10.8. The molecule has 3 N–H and O–H groups in total. The van der Waals surface area contributed by atoms with Gasteiger partial charge in [0.25, 0.3) is 0 Å². The predicted molar refractivity (Wildman–Crippen MR) is 93.1 cm³/mol. The van der Waals surface area contributed by atoms with Crippen molar-refractivity contribution >= 4 is 30.8 Å². The second kappa shape index (κ2) is 6.61. The molecule has 1 aromatic heterocycles. The number of nitrogens with two attached hydrogens (primary N) is 1. The summed E-state index contributed by atoms with van der Waals surface area (Å²) in [6, 6.07) is 7.14. The number of rotatable bonds is 5. The number of aromatic nitrogens is 1. The zero-order valence-corrected chi connectivity index (χ0v) is 14.9. The lowest BCUT2D eigenvalue weighted by atomic mass is 10.2. The third-order valence-corrected chi connectivity index (χ3v) is 7.85. The van der Waals surface area contributed by atoms with Gasteiger partial charge >= 0.3 is 0 Å². The van der Waals surface area contributed by atoms with Gasteiger partial charge in [0, 0.05) is 24.7 Å². The molecule has 1 saturated heterocycles. The number of para-hydroxylation sites is 1. The van der Waals surface area contributed by atoms with E-state index < -0.39 is 43.5 Å². The van der Waals surface area contributed by atoms with E-state index in [9.17, 15) is 21.9 Å². The molecule has 1 fully saturated rings. The number of sulfone groups is 1. The number of hydrogen-bond acceptors (Lipinski definition) is 7. The molecule has 0 aliphatic carbocycles. The van der Waals surface area contributed by atoms with Crippen molar-refractivity contribution < 1.29 is 21.9 Å². The quantitative estimate of drug-likeness (QED) is 0.699. The van der Waals surface area contributed by atoms with Crippen LogP contribution in [0.3, 0.4) is 0 Å². The molecule has 8 nitrogen and oxygen atoms in total. The SMILES string of the molecule is NCCN([C@@H]1CS(=O)(=O)C[C@H]1O)S(=O)(=O)c1cccc2cccnc12. The molecule has 0 spiro atoms. The summed E-state index contributed by atoms with van der Waals surface area (Å²) in [5.74, 6) is -0.881. The molecule has 2 aromatic rings. The number of fused-ring (bicyclic) bond motifs is 1. The fraction of sp³-hybridized carbons (Fsp3) is 0.400. The minimum atomic E-state index is -4.09. The average molecular weight is 385 g/mol. The van der Waals surface area contributed by atoms with Crippen molar-refractivity contribution in [3.63, 3.8) is 0 Å². The molecule has 2 heterocycles. The van der Waals surface area contributed by atoms with E-state index in [1.807, 2.05) is 0 Å². The van der Waals surface area contributed by atoms with Crippen molar-refractivity contribution in [3.05, 3.63) is 36.5 Å². The first kappa shape index (κ1) is 18.2. The summed E-state index contributed by atoms with van der Waals surface area (Å²) < 4.78 is 51.0.